The Morgan fingerprint density at radius 1 is 1.04 bits per heavy atom. The highest BCUT2D eigenvalue weighted by Gasteiger charge is 2.16. The van der Waals surface area contributed by atoms with Crippen molar-refractivity contribution in [2.24, 2.45) is 0 Å². The van der Waals surface area contributed by atoms with Crippen molar-refractivity contribution in [3.05, 3.63) is 65.1 Å². The highest BCUT2D eigenvalue weighted by Crippen LogP contribution is 2.32. The van der Waals surface area contributed by atoms with Gasteiger partial charge in [0.15, 0.2) is 0 Å². The lowest BCUT2D eigenvalue weighted by atomic mass is 10.1. The summed E-state index contributed by atoms with van der Waals surface area (Å²) in [4.78, 5) is 4.73. The molecule has 0 radical (unpaired) electrons. The van der Waals surface area contributed by atoms with E-state index in [4.69, 9.17) is 26.1 Å². The van der Waals surface area contributed by atoms with Crippen molar-refractivity contribution in [1.29, 1.82) is 0 Å². The topological polar surface area (TPSA) is 36.3 Å². The van der Waals surface area contributed by atoms with Gasteiger partial charge in [0.05, 0.1) is 31.3 Å². The second kappa shape index (κ2) is 8.96. The van der Waals surface area contributed by atoms with Gasteiger partial charge >= 0.3 is 0 Å². The van der Waals surface area contributed by atoms with E-state index in [1.807, 2.05) is 42.7 Å². The van der Waals surface area contributed by atoms with Crippen LogP contribution in [0.3, 0.4) is 0 Å². The van der Waals surface area contributed by atoms with Crippen molar-refractivity contribution in [1.82, 2.24) is 9.55 Å². The summed E-state index contributed by atoms with van der Waals surface area (Å²) in [6, 6.07) is 13.9. The summed E-state index contributed by atoms with van der Waals surface area (Å²) < 4.78 is 13.0. The van der Waals surface area contributed by atoms with Gasteiger partial charge in [-0.2, -0.15) is 0 Å². The second-order valence-electron chi connectivity index (χ2n) is 6.44. The number of hydrogen-bond acceptors (Lipinski definition) is 3. The number of hydrogen-bond donors (Lipinski definition) is 0. The smallest absolute Gasteiger partial charge is 0.137 e. The maximum Gasteiger partial charge on any atom is 0.137 e. The number of para-hydroxylation sites is 1. The maximum absolute atomic E-state index is 6.29. The third-order valence-corrected chi connectivity index (χ3v) is 4.94. The zero-order valence-electron chi connectivity index (χ0n) is 16.0. The number of aromatic nitrogens is 2. The van der Waals surface area contributed by atoms with Crippen LogP contribution in [0.15, 0.2) is 48.8 Å². The normalized spacial score (nSPS) is 10.8. The fourth-order valence-electron chi connectivity index (χ4n) is 3.22. The van der Waals surface area contributed by atoms with Gasteiger partial charge in [-0.05, 0) is 42.7 Å². The van der Waals surface area contributed by atoms with E-state index in [1.165, 1.54) is 5.69 Å². The summed E-state index contributed by atoms with van der Waals surface area (Å²) >= 11 is 6.29. The van der Waals surface area contributed by atoms with Crippen LogP contribution < -0.4 is 9.47 Å². The Bertz CT molecular complexity index is 905. The van der Waals surface area contributed by atoms with Crippen LogP contribution in [0.2, 0.25) is 5.02 Å². The van der Waals surface area contributed by atoms with E-state index in [1.54, 1.807) is 14.2 Å². The monoisotopic (exact) mass is 384 g/mol. The average molecular weight is 385 g/mol. The first kappa shape index (κ1) is 19.3. The molecule has 0 aliphatic heterocycles. The molecule has 0 N–H and O–H groups in total. The molecule has 0 unspecified atom stereocenters. The molecular formula is C22H25ClN2O2. The van der Waals surface area contributed by atoms with Gasteiger partial charge in [-0.25, -0.2) is 4.98 Å². The average Bonchev–Trinajstić information content (AvgIpc) is 3.08. The fourth-order valence-corrected chi connectivity index (χ4v) is 3.50. The minimum absolute atomic E-state index is 0.621. The van der Waals surface area contributed by atoms with Crippen molar-refractivity contribution in [3.8, 4) is 22.8 Å². The van der Waals surface area contributed by atoms with Crippen LogP contribution >= 0.6 is 11.6 Å². The largest absolute Gasteiger partial charge is 0.496 e. The number of nitrogens with zero attached hydrogens (tertiary/aromatic N) is 2. The first-order valence-electron chi connectivity index (χ1n) is 9.17. The minimum Gasteiger partial charge on any atom is -0.496 e. The van der Waals surface area contributed by atoms with Gasteiger partial charge in [0.1, 0.15) is 11.5 Å². The van der Waals surface area contributed by atoms with Crippen LogP contribution in [0.1, 0.15) is 31.0 Å². The zero-order valence-corrected chi connectivity index (χ0v) is 16.8. The lowest BCUT2D eigenvalue weighted by Gasteiger charge is -2.13. The van der Waals surface area contributed by atoms with Gasteiger partial charge in [0.25, 0.3) is 0 Å². The second-order valence-corrected chi connectivity index (χ2v) is 6.85. The standard InChI is InChI=1S/C22H25ClN2O2/c1-4-5-9-19-22(17-8-6-7-10-20(17)26-2)24-15-25(19)14-16-11-12-21(27-3)18(23)13-16/h6-8,10-13,15H,4-5,9,14H2,1-3H3. The van der Waals surface area contributed by atoms with Crippen LogP contribution in [0.5, 0.6) is 11.5 Å². The van der Waals surface area contributed by atoms with Gasteiger partial charge in [-0.15, -0.1) is 0 Å². The van der Waals surface area contributed by atoms with Crippen LogP contribution in [0.4, 0.5) is 0 Å². The summed E-state index contributed by atoms with van der Waals surface area (Å²) in [5.41, 5.74) is 4.34. The van der Waals surface area contributed by atoms with Crippen molar-refractivity contribution in [2.75, 3.05) is 14.2 Å². The van der Waals surface area contributed by atoms with Crippen LogP contribution in [0.25, 0.3) is 11.3 Å². The Kier molecular flexibility index (Phi) is 6.40. The molecule has 0 atom stereocenters. The SMILES string of the molecule is CCCCc1c(-c2ccccc2OC)ncn1Cc1ccc(OC)c(Cl)c1. The van der Waals surface area contributed by atoms with Gasteiger partial charge in [-0.1, -0.05) is 43.1 Å². The summed E-state index contributed by atoms with van der Waals surface area (Å²) in [5, 5.41) is 0.621. The molecule has 0 amide bonds. The van der Waals surface area contributed by atoms with E-state index in [0.29, 0.717) is 17.3 Å². The number of unbranched alkanes of at least 4 members (excludes halogenated alkanes) is 1. The van der Waals surface area contributed by atoms with Crippen LogP contribution in [0, 0.1) is 0 Å². The molecule has 0 saturated heterocycles. The molecule has 0 saturated carbocycles. The molecular weight excluding hydrogens is 360 g/mol. The number of halogens is 1. The molecule has 3 rings (SSSR count). The van der Waals surface area contributed by atoms with Gasteiger partial charge in [0.2, 0.25) is 0 Å². The highest BCUT2D eigenvalue weighted by molar-refractivity contribution is 6.32. The molecule has 0 spiro atoms. The van der Waals surface area contributed by atoms with E-state index in [0.717, 1.165) is 41.8 Å². The molecule has 142 valence electrons. The summed E-state index contributed by atoms with van der Waals surface area (Å²) in [6.07, 6.45) is 5.11. The quantitative estimate of drug-likeness (QED) is 0.506. The van der Waals surface area contributed by atoms with Gasteiger partial charge < -0.3 is 14.0 Å². The molecule has 3 aromatic rings. The molecule has 0 fully saturated rings. The Balaban J connectivity index is 1.98. The summed E-state index contributed by atoms with van der Waals surface area (Å²) in [6.45, 7) is 2.91. The Labute approximate surface area is 165 Å². The van der Waals surface area contributed by atoms with Crippen molar-refractivity contribution in [2.45, 2.75) is 32.7 Å². The number of rotatable bonds is 8. The Morgan fingerprint density at radius 2 is 1.81 bits per heavy atom. The predicted octanol–water partition coefficient (Wildman–Crippen LogP) is 5.61. The Morgan fingerprint density at radius 3 is 2.52 bits per heavy atom. The predicted molar refractivity (Wildman–Crippen MR) is 110 cm³/mol. The van der Waals surface area contributed by atoms with Crippen molar-refractivity contribution >= 4 is 11.6 Å². The lowest BCUT2D eigenvalue weighted by Crippen LogP contribution is -2.05. The van der Waals surface area contributed by atoms with Crippen LogP contribution in [-0.4, -0.2) is 23.8 Å². The zero-order chi connectivity index (χ0) is 19.2. The molecule has 27 heavy (non-hydrogen) atoms. The lowest BCUT2D eigenvalue weighted by molar-refractivity contribution is 0.415. The molecule has 0 aliphatic carbocycles. The molecule has 0 bridgehead atoms. The third-order valence-electron chi connectivity index (χ3n) is 4.64. The molecule has 4 nitrogen and oxygen atoms in total. The molecule has 1 heterocycles. The fraction of sp³-hybridized carbons (Fsp3) is 0.318. The van der Waals surface area contributed by atoms with E-state index < -0.39 is 0 Å². The number of methoxy groups -OCH3 is 2. The summed E-state index contributed by atoms with van der Waals surface area (Å²) in [5.74, 6) is 1.53. The van der Waals surface area contributed by atoms with E-state index in [9.17, 15) is 0 Å². The maximum atomic E-state index is 6.29. The van der Waals surface area contributed by atoms with Crippen molar-refractivity contribution in [3.63, 3.8) is 0 Å². The first-order chi connectivity index (χ1) is 13.2. The van der Waals surface area contributed by atoms with E-state index in [-0.39, 0.29) is 0 Å². The third kappa shape index (κ3) is 4.28. The molecule has 2 aromatic carbocycles. The summed E-state index contributed by atoms with van der Waals surface area (Å²) in [7, 11) is 3.32. The minimum atomic E-state index is 0.621. The first-order valence-corrected chi connectivity index (χ1v) is 9.55. The molecule has 1 aromatic heterocycles. The van der Waals surface area contributed by atoms with E-state index >= 15 is 0 Å². The highest BCUT2D eigenvalue weighted by atomic mass is 35.5. The molecule has 5 heteroatoms. The van der Waals surface area contributed by atoms with E-state index in [2.05, 4.69) is 17.6 Å². The van der Waals surface area contributed by atoms with Crippen LogP contribution in [-0.2, 0) is 13.0 Å². The number of imidazole rings is 1. The number of ether oxygens (including phenoxy) is 2. The van der Waals surface area contributed by atoms with Gasteiger partial charge in [-0.3, -0.25) is 0 Å². The van der Waals surface area contributed by atoms with Gasteiger partial charge in [0, 0.05) is 17.8 Å². The molecule has 0 aliphatic rings. The Hall–Kier alpha value is -2.46. The number of benzene rings is 2. The van der Waals surface area contributed by atoms with Crippen molar-refractivity contribution < 1.29 is 9.47 Å².